The fourth-order valence-corrected chi connectivity index (χ4v) is 4.23. The topological polar surface area (TPSA) is 58.6 Å². The highest BCUT2D eigenvalue weighted by molar-refractivity contribution is 14.0. The number of halogens is 1. The van der Waals surface area contributed by atoms with Crippen LogP contribution in [0.25, 0.3) is 0 Å². The monoisotopic (exact) mass is 518 g/mol. The van der Waals surface area contributed by atoms with Crippen molar-refractivity contribution in [2.75, 3.05) is 61.2 Å². The molecule has 8 heteroatoms. The van der Waals surface area contributed by atoms with E-state index in [2.05, 4.69) is 32.2 Å². The predicted octanol–water partition coefficient (Wildman–Crippen LogP) is 2.37. The van der Waals surface area contributed by atoms with Crippen LogP contribution in [-0.2, 0) is 17.7 Å². The van der Waals surface area contributed by atoms with Gasteiger partial charge in [-0.3, -0.25) is 9.89 Å². The zero-order valence-electron chi connectivity index (χ0n) is 18.1. The van der Waals surface area contributed by atoms with Crippen LogP contribution in [0.15, 0.2) is 17.1 Å². The third-order valence-electron chi connectivity index (χ3n) is 5.81. The summed E-state index contributed by atoms with van der Waals surface area (Å²) in [7, 11) is 7.00. The average molecular weight is 518 g/mol. The Labute approximate surface area is 191 Å². The number of likely N-dealkylation sites (tertiary alicyclic amines) is 1. The smallest absolute Gasteiger partial charge is 0.194 e. The molecule has 2 aliphatic heterocycles. The highest BCUT2D eigenvalue weighted by Gasteiger charge is 2.26. The highest BCUT2D eigenvalue weighted by Crippen LogP contribution is 2.33. The lowest BCUT2D eigenvalue weighted by molar-refractivity contribution is 0.141. The van der Waals surface area contributed by atoms with E-state index in [-0.39, 0.29) is 24.0 Å². The zero-order valence-corrected chi connectivity index (χ0v) is 20.4. The molecule has 1 fully saturated rings. The van der Waals surface area contributed by atoms with E-state index in [4.69, 9.17) is 14.2 Å². The second-order valence-electron chi connectivity index (χ2n) is 7.40. The molecule has 1 N–H and O–H groups in total. The second-order valence-corrected chi connectivity index (χ2v) is 7.40. The summed E-state index contributed by atoms with van der Waals surface area (Å²) in [6.45, 7) is 5.64. The molecule has 0 aliphatic carbocycles. The van der Waals surface area contributed by atoms with E-state index < -0.39 is 0 Å². The molecule has 1 saturated heterocycles. The van der Waals surface area contributed by atoms with Gasteiger partial charge in [0.05, 0.1) is 20.8 Å². The zero-order chi connectivity index (χ0) is 19.9. The van der Waals surface area contributed by atoms with Crippen LogP contribution in [0.3, 0.4) is 0 Å². The van der Waals surface area contributed by atoms with Crippen molar-refractivity contribution < 1.29 is 14.2 Å². The standard InChI is InChI=1S/C21H34N4O3.HI/c1-22-21(23-14-18-6-5-8-24(18)10-11-26-2)25-9-7-16-12-19(27-3)20(28-4)13-17(16)15-25;/h12-13,18H,5-11,14-15H2,1-4H3,(H,22,23);1H. The summed E-state index contributed by atoms with van der Waals surface area (Å²) >= 11 is 0. The predicted molar refractivity (Wildman–Crippen MR) is 127 cm³/mol. The number of benzene rings is 1. The number of nitrogens with one attached hydrogen (secondary N) is 1. The maximum absolute atomic E-state index is 5.48. The minimum absolute atomic E-state index is 0. The summed E-state index contributed by atoms with van der Waals surface area (Å²) in [5.74, 6) is 2.56. The quantitative estimate of drug-likeness (QED) is 0.340. The molecule has 1 aromatic carbocycles. The summed E-state index contributed by atoms with van der Waals surface area (Å²) in [5.41, 5.74) is 2.60. The molecular weight excluding hydrogens is 483 g/mol. The number of methoxy groups -OCH3 is 3. The molecule has 0 aromatic heterocycles. The summed E-state index contributed by atoms with van der Waals surface area (Å²) in [6.07, 6.45) is 3.46. The molecule has 0 spiro atoms. The van der Waals surface area contributed by atoms with Gasteiger partial charge >= 0.3 is 0 Å². The normalized spacial score (nSPS) is 19.5. The van der Waals surface area contributed by atoms with Gasteiger partial charge in [-0.05, 0) is 49.1 Å². The lowest BCUT2D eigenvalue weighted by Gasteiger charge is -2.33. The number of rotatable bonds is 7. The van der Waals surface area contributed by atoms with Gasteiger partial charge in [0, 0.05) is 46.4 Å². The van der Waals surface area contributed by atoms with Crippen molar-refractivity contribution in [3.63, 3.8) is 0 Å². The molecule has 3 rings (SSSR count). The van der Waals surface area contributed by atoms with Gasteiger partial charge in [-0.25, -0.2) is 0 Å². The van der Waals surface area contributed by atoms with Gasteiger partial charge < -0.3 is 24.4 Å². The van der Waals surface area contributed by atoms with E-state index in [1.165, 1.54) is 24.0 Å². The Bertz CT molecular complexity index is 686. The largest absolute Gasteiger partial charge is 0.493 e. The van der Waals surface area contributed by atoms with Crippen LogP contribution >= 0.6 is 24.0 Å². The van der Waals surface area contributed by atoms with E-state index in [9.17, 15) is 0 Å². The van der Waals surface area contributed by atoms with Gasteiger partial charge in [-0.2, -0.15) is 0 Å². The number of guanidine groups is 1. The summed E-state index contributed by atoms with van der Waals surface area (Å²) in [4.78, 5) is 9.38. The van der Waals surface area contributed by atoms with Crippen molar-refractivity contribution in [2.24, 2.45) is 4.99 Å². The maximum Gasteiger partial charge on any atom is 0.194 e. The molecule has 0 radical (unpaired) electrons. The Balaban J connectivity index is 0.00000300. The van der Waals surface area contributed by atoms with Crippen molar-refractivity contribution >= 4 is 29.9 Å². The number of fused-ring (bicyclic) bond motifs is 1. The number of ether oxygens (including phenoxy) is 3. The molecule has 1 unspecified atom stereocenters. The third-order valence-corrected chi connectivity index (χ3v) is 5.81. The van der Waals surface area contributed by atoms with Gasteiger partial charge in [-0.15, -0.1) is 24.0 Å². The van der Waals surface area contributed by atoms with Crippen molar-refractivity contribution in [2.45, 2.75) is 31.8 Å². The van der Waals surface area contributed by atoms with E-state index >= 15 is 0 Å². The van der Waals surface area contributed by atoms with Crippen LogP contribution in [0.2, 0.25) is 0 Å². The molecule has 1 aromatic rings. The van der Waals surface area contributed by atoms with Crippen LogP contribution in [0.5, 0.6) is 11.5 Å². The van der Waals surface area contributed by atoms with Gasteiger partial charge in [0.1, 0.15) is 0 Å². The van der Waals surface area contributed by atoms with Crippen LogP contribution in [0, 0.1) is 0 Å². The van der Waals surface area contributed by atoms with Gasteiger partial charge in [0.15, 0.2) is 17.5 Å². The molecule has 164 valence electrons. The van der Waals surface area contributed by atoms with Gasteiger partial charge in [0.2, 0.25) is 0 Å². The van der Waals surface area contributed by atoms with Crippen LogP contribution < -0.4 is 14.8 Å². The average Bonchev–Trinajstić information content (AvgIpc) is 3.18. The Morgan fingerprint density at radius 3 is 2.52 bits per heavy atom. The molecule has 2 heterocycles. The lowest BCUT2D eigenvalue weighted by Crippen LogP contribution is -2.48. The first-order valence-corrected chi connectivity index (χ1v) is 10.1. The first-order chi connectivity index (χ1) is 13.7. The SMILES string of the molecule is CN=C(NCC1CCCN1CCOC)N1CCc2cc(OC)c(OC)cc2C1.I. The van der Waals surface area contributed by atoms with Gasteiger partial charge in [0.25, 0.3) is 0 Å². The highest BCUT2D eigenvalue weighted by atomic mass is 127. The van der Waals surface area contributed by atoms with Gasteiger partial charge in [-0.1, -0.05) is 0 Å². The van der Waals surface area contributed by atoms with E-state index in [0.717, 1.165) is 63.2 Å². The minimum Gasteiger partial charge on any atom is -0.493 e. The van der Waals surface area contributed by atoms with E-state index in [1.54, 1.807) is 21.3 Å². The fourth-order valence-electron chi connectivity index (χ4n) is 4.23. The first kappa shape index (κ1) is 24.0. The summed E-state index contributed by atoms with van der Waals surface area (Å²) in [5, 5.41) is 3.61. The molecule has 0 amide bonds. The first-order valence-electron chi connectivity index (χ1n) is 10.1. The third kappa shape index (κ3) is 5.88. The fraction of sp³-hybridized carbons (Fsp3) is 0.667. The van der Waals surface area contributed by atoms with Crippen molar-refractivity contribution in [3.8, 4) is 11.5 Å². The molecule has 7 nitrogen and oxygen atoms in total. The number of hydrogen-bond acceptors (Lipinski definition) is 5. The van der Waals surface area contributed by atoms with Crippen LogP contribution in [0.4, 0.5) is 0 Å². The number of hydrogen-bond donors (Lipinski definition) is 1. The molecule has 0 saturated carbocycles. The van der Waals surface area contributed by atoms with Crippen LogP contribution in [0.1, 0.15) is 24.0 Å². The Morgan fingerprint density at radius 2 is 1.86 bits per heavy atom. The van der Waals surface area contributed by atoms with Crippen molar-refractivity contribution in [1.82, 2.24) is 15.1 Å². The Kier molecular flexibility index (Phi) is 9.78. The molecule has 1 atom stereocenters. The van der Waals surface area contributed by atoms with E-state index in [1.807, 2.05) is 7.05 Å². The van der Waals surface area contributed by atoms with Crippen molar-refractivity contribution in [1.29, 1.82) is 0 Å². The number of nitrogens with zero attached hydrogens (tertiary/aromatic N) is 3. The number of aliphatic imine (C=N–C) groups is 1. The van der Waals surface area contributed by atoms with Crippen molar-refractivity contribution in [3.05, 3.63) is 23.3 Å². The molecular formula is C21H35IN4O3. The summed E-state index contributed by atoms with van der Waals surface area (Å²) in [6, 6.07) is 4.75. The molecule has 2 aliphatic rings. The second kappa shape index (κ2) is 11.8. The molecule has 29 heavy (non-hydrogen) atoms. The van der Waals surface area contributed by atoms with E-state index in [0.29, 0.717) is 6.04 Å². The van der Waals surface area contributed by atoms with Crippen LogP contribution in [-0.4, -0.2) is 83.0 Å². The summed E-state index contributed by atoms with van der Waals surface area (Å²) < 4.78 is 16.2. The minimum atomic E-state index is 0. The lowest BCUT2D eigenvalue weighted by atomic mass is 9.99. The Hall–Kier alpha value is -1.26. The maximum atomic E-state index is 5.48. The Morgan fingerprint density at radius 1 is 1.14 bits per heavy atom. The molecule has 0 bridgehead atoms.